The number of nitrogens with one attached hydrogen (secondary N) is 1. The van der Waals surface area contributed by atoms with E-state index in [-0.39, 0.29) is 9.04 Å². The van der Waals surface area contributed by atoms with Gasteiger partial charge in [0.1, 0.15) is 4.21 Å². The molecule has 0 saturated heterocycles. The Labute approximate surface area is 127 Å². The van der Waals surface area contributed by atoms with Crippen molar-refractivity contribution >= 4 is 64.8 Å². The Morgan fingerprint density at radius 3 is 2.41 bits per heavy atom. The Balaban J connectivity index is 3.05. The van der Waals surface area contributed by atoms with E-state index < -0.39 is 15.6 Å². The van der Waals surface area contributed by atoms with Crippen LogP contribution >= 0.6 is 54.8 Å². The predicted octanol–water partition coefficient (Wildman–Crippen LogP) is 4.00. The van der Waals surface area contributed by atoms with Gasteiger partial charge in [-0.1, -0.05) is 34.5 Å². The lowest BCUT2D eigenvalue weighted by Crippen LogP contribution is -2.48. The Morgan fingerprint density at radius 1 is 1.53 bits per heavy atom. The summed E-state index contributed by atoms with van der Waals surface area (Å²) in [4.78, 5) is 0.00338. The third kappa shape index (κ3) is 3.91. The van der Waals surface area contributed by atoms with Gasteiger partial charge in [0.2, 0.25) is 0 Å². The molecule has 1 aromatic heterocycles. The van der Waals surface area contributed by atoms with Gasteiger partial charge in [0.15, 0.2) is 0 Å². The first-order chi connectivity index (χ1) is 7.56. The van der Waals surface area contributed by atoms with Gasteiger partial charge in [0, 0.05) is 10.4 Å². The Kier molecular flexibility index (Phi) is 5.12. The van der Waals surface area contributed by atoms with Crippen LogP contribution in [0.1, 0.15) is 20.8 Å². The van der Waals surface area contributed by atoms with Crippen LogP contribution in [0.2, 0.25) is 5.02 Å². The first-order valence-corrected chi connectivity index (χ1v) is 9.08. The summed E-state index contributed by atoms with van der Waals surface area (Å²) in [6, 6.07) is 1.44. The number of rotatable bonds is 4. The zero-order valence-corrected chi connectivity index (χ0v) is 15.0. The van der Waals surface area contributed by atoms with Gasteiger partial charge in [-0.2, -0.15) is 0 Å². The van der Waals surface area contributed by atoms with Crippen molar-refractivity contribution in [1.82, 2.24) is 4.72 Å². The Morgan fingerprint density at radius 2 is 2.06 bits per heavy atom. The third-order valence-electron chi connectivity index (χ3n) is 2.28. The third-order valence-corrected chi connectivity index (χ3v) is 8.04. The molecule has 0 aliphatic carbocycles. The highest BCUT2D eigenvalue weighted by atomic mass is 79.9. The molecule has 1 unspecified atom stereocenters. The highest BCUT2D eigenvalue weighted by Gasteiger charge is 2.31. The molecule has 1 aromatic rings. The smallest absolute Gasteiger partial charge is 0.206 e. The number of hydrogen-bond donors (Lipinski definition) is 1. The van der Waals surface area contributed by atoms with Crippen LogP contribution in [-0.2, 0) is 10.0 Å². The van der Waals surface area contributed by atoms with Crippen LogP contribution in [0.5, 0.6) is 0 Å². The summed E-state index contributed by atoms with van der Waals surface area (Å²) >= 11 is 13.5. The first kappa shape index (κ1) is 15.9. The van der Waals surface area contributed by atoms with Gasteiger partial charge in [0.25, 0.3) is 10.0 Å². The molecular weight excluding hydrogens is 413 g/mol. The van der Waals surface area contributed by atoms with Gasteiger partial charge in [-0.05, 0) is 35.8 Å². The average molecular weight is 426 g/mol. The number of thiophene rings is 1. The van der Waals surface area contributed by atoms with Crippen molar-refractivity contribution in [3.8, 4) is 0 Å². The lowest BCUT2D eigenvalue weighted by molar-refractivity contribution is 0.454. The second-order valence-corrected chi connectivity index (χ2v) is 10.2. The second-order valence-electron chi connectivity index (χ2n) is 4.13. The Hall–Kier alpha value is 0.860. The number of hydrogen-bond acceptors (Lipinski definition) is 3. The van der Waals surface area contributed by atoms with Crippen molar-refractivity contribution < 1.29 is 8.42 Å². The van der Waals surface area contributed by atoms with Crippen LogP contribution in [0, 0.1) is 0 Å². The molecule has 0 aliphatic heterocycles. The zero-order chi connectivity index (χ0) is 13.4. The van der Waals surface area contributed by atoms with Crippen molar-refractivity contribution in [3.63, 3.8) is 0 Å². The lowest BCUT2D eigenvalue weighted by atomic mass is 10.0. The summed E-state index contributed by atoms with van der Waals surface area (Å²) in [7, 11) is -3.54. The maximum absolute atomic E-state index is 12.1. The van der Waals surface area contributed by atoms with E-state index in [9.17, 15) is 8.42 Å². The van der Waals surface area contributed by atoms with Crippen molar-refractivity contribution in [2.75, 3.05) is 0 Å². The molecule has 1 rings (SSSR count). The molecule has 1 N–H and O–H groups in total. The molecule has 0 fully saturated rings. The van der Waals surface area contributed by atoms with E-state index in [0.717, 1.165) is 11.3 Å². The van der Waals surface area contributed by atoms with Crippen LogP contribution in [0.4, 0.5) is 0 Å². The molecule has 0 saturated carbocycles. The first-order valence-electron chi connectivity index (χ1n) is 4.69. The zero-order valence-electron chi connectivity index (χ0n) is 9.42. The quantitative estimate of drug-likeness (QED) is 0.741. The molecule has 3 nitrogen and oxygen atoms in total. The predicted molar refractivity (Wildman–Crippen MR) is 79.8 cm³/mol. The molecule has 0 bridgehead atoms. The van der Waals surface area contributed by atoms with E-state index >= 15 is 0 Å². The number of halogens is 3. The van der Waals surface area contributed by atoms with Crippen LogP contribution in [0.3, 0.4) is 0 Å². The van der Waals surface area contributed by atoms with E-state index in [2.05, 4.69) is 36.6 Å². The fourth-order valence-corrected chi connectivity index (χ4v) is 5.08. The highest BCUT2D eigenvalue weighted by Crippen LogP contribution is 2.35. The van der Waals surface area contributed by atoms with Crippen LogP contribution in [-0.4, -0.2) is 18.8 Å². The number of alkyl halides is 1. The van der Waals surface area contributed by atoms with Crippen LogP contribution < -0.4 is 4.72 Å². The molecule has 0 aliphatic rings. The fraction of sp³-hybridized carbons (Fsp3) is 0.556. The van der Waals surface area contributed by atoms with Crippen molar-refractivity contribution in [2.45, 2.75) is 35.3 Å². The highest BCUT2D eigenvalue weighted by molar-refractivity contribution is 9.11. The van der Waals surface area contributed by atoms with Crippen molar-refractivity contribution in [2.24, 2.45) is 0 Å². The van der Waals surface area contributed by atoms with Gasteiger partial charge >= 0.3 is 0 Å². The molecule has 8 heteroatoms. The molecular formula is C9H12Br2ClNO2S2. The van der Waals surface area contributed by atoms with E-state index in [1.54, 1.807) is 0 Å². The molecule has 98 valence electrons. The van der Waals surface area contributed by atoms with E-state index in [1.165, 1.54) is 6.07 Å². The monoisotopic (exact) mass is 423 g/mol. The summed E-state index contributed by atoms with van der Waals surface area (Å²) in [5.74, 6) is 0. The van der Waals surface area contributed by atoms with Gasteiger partial charge in [-0.15, -0.1) is 11.3 Å². The van der Waals surface area contributed by atoms with Gasteiger partial charge in [-0.3, -0.25) is 0 Å². The maximum atomic E-state index is 12.1. The topological polar surface area (TPSA) is 46.2 Å². The van der Waals surface area contributed by atoms with Gasteiger partial charge in [-0.25, -0.2) is 13.1 Å². The summed E-state index contributed by atoms with van der Waals surface area (Å²) in [5, 5.41) is 0.403. The van der Waals surface area contributed by atoms with Crippen LogP contribution in [0.15, 0.2) is 14.1 Å². The molecule has 17 heavy (non-hydrogen) atoms. The van der Waals surface area contributed by atoms with E-state index in [4.69, 9.17) is 11.6 Å². The average Bonchev–Trinajstić information content (AvgIpc) is 2.45. The summed E-state index contributed by atoms with van der Waals surface area (Å²) in [6.07, 6.45) is 0. The minimum Gasteiger partial charge on any atom is -0.206 e. The standard InChI is InChI=1S/C9H12Br2ClNO2S2/c1-5(10)9(2,3)13-17(14,15)7-4-6(12)8(11)16-7/h4-5,13H,1-3H3. The molecule has 1 heterocycles. The van der Waals surface area contributed by atoms with Gasteiger partial charge < -0.3 is 0 Å². The molecule has 0 aromatic carbocycles. The van der Waals surface area contributed by atoms with Crippen molar-refractivity contribution in [3.05, 3.63) is 14.9 Å². The molecule has 0 amide bonds. The van der Waals surface area contributed by atoms with Crippen LogP contribution in [0.25, 0.3) is 0 Å². The lowest BCUT2D eigenvalue weighted by Gasteiger charge is -2.28. The normalized spacial score (nSPS) is 14.9. The fourth-order valence-electron chi connectivity index (χ4n) is 0.937. The summed E-state index contributed by atoms with van der Waals surface area (Å²) in [6.45, 7) is 5.52. The summed E-state index contributed by atoms with van der Waals surface area (Å²) < 4.78 is 27.7. The maximum Gasteiger partial charge on any atom is 0.250 e. The summed E-state index contributed by atoms with van der Waals surface area (Å²) in [5.41, 5.74) is -0.582. The minimum atomic E-state index is -3.54. The SMILES string of the molecule is CC(Br)C(C)(C)NS(=O)(=O)c1cc(Cl)c(Br)s1. The second kappa shape index (κ2) is 5.46. The largest absolute Gasteiger partial charge is 0.250 e. The van der Waals surface area contributed by atoms with Gasteiger partial charge in [0.05, 0.1) is 8.81 Å². The Bertz CT molecular complexity index is 492. The molecule has 0 radical (unpaired) electrons. The molecule has 1 atom stereocenters. The molecule has 0 spiro atoms. The minimum absolute atomic E-state index is 0.00338. The van der Waals surface area contributed by atoms with Crippen molar-refractivity contribution in [1.29, 1.82) is 0 Å². The number of sulfonamides is 1. The van der Waals surface area contributed by atoms with E-state index in [1.807, 2.05) is 20.8 Å². The van der Waals surface area contributed by atoms with E-state index in [0.29, 0.717) is 8.81 Å².